The summed E-state index contributed by atoms with van der Waals surface area (Å²) in [7, 11) is 0. The number of para-hydroxylation sites is 1. The van der Waals surface area contributed by atoms with E-state index in [9.17, 15) is 9.90 Å². The number of aliphatic carboxylic acids is 1. The third kappa shape index (κ3) is 4.75. The third-order valence-corrected chi connectivity index (χ3v) is 6.02. The minimum absolute atomic E-state index is 0.145. The van der Waals surface area contributed by atoms with Gasteiger partial charge in [-0.2, -0.15) is 0 Å². The smallest absolute Gasteiger partial charge is 0.338 e. The van der Waals surface area contributed by atoms with Crippen molar-refractivity contribution in [3.05, 3.63) is 71.9 Å². The molecule has 6 heteroatoms. The number of benzene rings is 2. The van der Waals surface area contributed by atoms with Crippen molar-refractivity contribution in [3.63, 3.8) is 0 Å². The van der Waals surface area contributed by atoms with E-state index in [0.29, 0.717) is 12.4 Å². The van der Waals surface area contributed by atoms with Gasteiger partial charge in [-0.05, 0) is 48.6 Å². The lowest BCUT2D eigenvalue weighted by Crippen LogP contribution is -2.35. The Labute approximate surface area is 181 Å². The van der Waals surface area contributed by atoms with E-state index >= 15 is 0 Å². The van der Waals surface area contributed by atoms with E-state index in [0.717, 1.165) is 47.8 Å². The monoisotopic (exact) mass is 418 g/mol. The molecule has 1 heterocycles. The fourth-order valence-electron chi connectivity index (χ4n) is 4.42. The zero-order chi connectivity index (χ0) is 21.8. The lowest BCUT2D eigenvalue weighted by atomic mass is 9.79. The second kappa shape index (κ2) is 9.27. The molecule has 4 rings (SSSR count). The predicted octanol–water partition coefficient (Wildman–Crippen LogP) is 4.55. The van der Waals surface area contributed by atoms with E-state index in [1.165, 1.54) is 0 Å². The molecule has 0 bridgehead atoms. The molecule has 0 saturated heterocycles. The molecule has 0 radical (unpaired) electrons. The second-order valence-corrected chi connectivity index (χ2v) is 8.07. The highest BCUT2D eigenvalue weighted by Gasteiger charge is 2.35. The number of pyridine rings is 1. The van der Waals surface area contributed by atoms with Crippen LogP contribution in [0, 0.1) is 11.3 Å². The van der Waals surface area contributed by atoms with E-state index in [1.54, 1.807) is 0 Å². The van der Waals surface area contributed by atoms with Crippen LogP contribution >= 0.6 is 0 Å². The van der Waals surface area contributed by atoms with Gasteiger partial charge in [-0.15, -0.1) is 0 Å². The quantitative estimate of drug-likeness (QED) is 0.466. The Hall–Kier alpha value is -3.25. The number of aliphatic hydroxyl groups excluding tert-OH is 1. The van der Waals surface area contributed by atoms with Gasteiger partial charge in [0.2, 0.25) is 0 Å². The average Bonchev–Trinajstić information content (AvgIpc) is 3.32. The number of carbonyl (C=O) groups is 1. The molecule has 2 aromatic carbocycles. The summed E-state index contributed by atoms with van der Waals surface area (Å²) in [5.74, 6) is -0.926. The lowest BCUT2D eigenvalue weighted by Gasteiger charge is -2.26. The summed E-state index contributed by atoms with van der Waals surface area (Å²) in [6.45, 7) is 0.337. The Bertz CT molecular complexity index is 1070. The van der Waals surface area contributed by atoms with Gasteiger partial charge in [0.1, 0.15) is 12.4 Å². The fourth-order valence-corrected chi connectivity index (χ4v) is 4.42. The highest BCUT2D eigenvalue weighted by Crippen LogP contribution is 2.39. The predicted molar refractivity (Wildman–Crippen MR) is 119 cm³/mol. The van der Waals surface area contributed by atoms with Crippen LogP contribution in [0.1, 0.15) is 42.9 Å². The van der Waals surface area contributed by atoms with Crippen molar-refractivity contribution in [3.8, 4) is 5.75 Å². The Balaban J connectivity index is 1.48. The van der Waals surface area contributed by atoms with Crippen molar-refractivity contribution in [1.82, 2.24) is 4.98 Å². The summed E-state index contributed by atoms with van der Waals surface area (Å²) in [6, 6.07) is 19.3. The molecule has 1 aliphatic rings. The molecule has 6 nitrogen and oxygen atoms in total. The van der Waals surface area contributed by atoms with E-state index in [1.807, 2.05) is 60.7 Å². The highest BCUT2D eigenvalue weighted by atomic mass is 16.5. The zero-order valence-electron chi connectivity index (χ0n) is 17.2. The van der Waals surface area contributed by atoms with Crippen LogP contribution in [-0.4, -0.2) is 33.0 Å². The van der Waals surface area contributed by atoms with E-state index in [-0.39, 0.29) is 11.6 Å². The van der Waals surface area contributed by atoms with Crippen molar-refractivity contribution in [2.45, 2.75) is 44.3 Å². The number of aromatic nitrogens is 1. The minimum Gasteiger partial charge on any atom is -0.487 e. The van der Waals surface area contributed by atoms with Crippen molar-refractivity contribution < 1.29 is 19.7 Å². The molecule has 31 heavy (non-hydrogen) atoms. The molecule has 1 fully saturated rings. The van der Waals surface area contributed by atoms with Crippen LogP contribution in [0.15, 0.2) is 60.7 Å². The Morgan fingerprint density at radius 3 is 2.48 bits per heavy atom. The van der Waals surface area contributed by atoms with Crippen LogP contribution in [0.25, 0.3) is 10.9 Å². The largest absolute Gasteiger partial charge is 0.487 e. The number of carboxylic acid groups (broad SMARTS) is 1. The molecule has 0 aliphatic heterocycles. The van der Waals surface area contributed by atoms with Gasteiger partial charge in [-0.25, -0.2) is 9.78 Å². The molecule has 2 atom stereocenters. The van der Waals surface area contributed by atoms with Crippen molar-refractivity contribution in [2.24, 2.45) is 5.92 Å². The molecule has 0 spiro atoms. The lowest BCUT2D eigenvalue weighted by molar-refractivity contribution is -0.143. The maximum atomic E-state index is 11.2. The second-order valence-electron chi connectivity index (χ2n) is 8.07. The first kappa shape index (κ1) is 21.0. The Morgan fingerprint density at radius 1 is 1.06 bits per heavy atom. The minimum atomic E-state index is -1.78. The molecule has 3 N–H and O–H groups in total. The van der Waals surface area contributed by atoms with Crippen LogP contribution in [-0.2, 0) is 11.4 Å². The number of aliphatic hydroxyl groups is 1. The Kier molecular flexibility index (Phi) is 6.28. The molecule has 160 valence electrons. The summed E-state index contributed by atoms with van der Waals surface area (Å²) < 4.78 is 5.89. The number of carboxylic acids is 1. The van der Waals surface area contributed by atoms with Crippen molar-refractivity contribution in [1.29, 1.82) is 5.41 Å². The topological polar surface area (TPSA) is 104 Å². The average molecular weight is 418 g/mol. The normalized spacial score (nSPS) is 16.2. The van der Waals surface area contributed by atoms with E-state index in [4.69, 9.17) is 15.3 Å². The van der Waals surface area contributed by atoms with Crippen LogP contribution in [0.4, 0.5) is 0 Å². The number of ether oxygens (including phenoxy) is 1. The first-order valence-corrected chi connectivity index (χ1v) is 10.6. The number of hydrogen-bond donors (Lipinski definition) is 3. The maximum Gasteiger partial charge on any atom is 0.338 e. The summed E-state index contributed by atoms with van der Waals surface area (Å²) >= 11 is 0. The molecule has 0 amide bonds. The van der Waals surface area contributed by atoms with Gasteiger partial charge in [-0.3, -0.25) is 0 Å². The maximum absolute atomic E-state index is 11.2. The van der Waals surface area contributed by atoms with Crippen molar-refractivity contribution >= 4 is 22.6 Å². The first-order valence-electron chi connectivity index (χ1n) is 10.6. The van der Waals surface area contributed by atoms with E-state index < -0.39 is 18.0 Å². The highest BCUT2D eigenvalue weighted by molar-refractivity contribution is 6.05. The number of hydrogen-bond acceptors (Lipinski definition) is 5. The number of nitrogens with zero attached hydrogens (tertiary/aromatic N) is 1. The van der Waals surface area contributed by atoms with Gasteiger partial charge in [-0.1, -0.05) is 49.2 Å². The SMILES string of the molecule is N=C(C(O)C(=O)O)C(c1ccc(OCc2ccc3ccccc3n2)cc1)C1CCCC1. The van der Waals surface area contributed by atoms with Gasteiger partial charge in [0.05, 0.1) is 16.9 Å². The summed E-state index contributed by atoms with van der Waals surface area (Å²) in [4.78, 5) is 15.8. The third-order valence-electron chi connectivity index (χ3n) is 6.02. The first-order chi connectivity index (χ1) is 15.0. The van der Waals surface area contributed by atoms with Gasteiger partial charge >= 0.3 is 5.97 Å². The molecule has 1 aliphatic carbocycles. The van der Waals surface area contributed by atoms with Gasteiger partial charge in [0.25, 0.3) is 0 Å². The van der Waals surface area contributed by atoms with Crippen LogP contribution in [0.5, 0.6) is 5.75 Å². The number of fused-ring (bicyclic) bond motifs is 1. The van der Waals surface area contributed by atoms with E-state index in [2.05, 4.69) is 4.98 Å². The van der Waals surface area contributed by atoms with Gasteiger partial charge in [0, 0.05) is 11.3 Å². The fraction of sp³-hybridized carbons (Fsp3) is 0.320. The van der Waals surface area contributed by atoms with Crippen LogP contribution < -0.4 is 4.74 Å². The summed E-state index contributed by atoms with van der Waals surface area (Å²) in [5, 5.41) is 28.5. The standard InChI is InChI=1S/C25H26N2O4/c26-23(24(28)25(29)30)22(17-6-1-2-7-17)18-10-13-20(14-11-18)31-15-19-12-9-16-5-3-4-8-21(16)27-19/h3-5,8-14,17,22,24,26,28H,1-2,6-7,15H2,(H,29,30). The van der Waals surface area contributed by atoms with Crippen LogP contribution in [0.2, 0.25) is 0 Å². The molecule has 1 aromatic heterocycles. The summed E-state index contributed by atoms with van der Waals surface area (Å²) in [5.41, 5.74) is 2.45. The zero-order valence-corrected chi connectivity index (χ0v) is 17.2. The Morgan fingerprint density at radius 2 is 1.77 bits per heavy atom. The number of nitrogens with one attached hydrogen (secondary N) is 1. The number of rotatable bonds is 8. The molecular weight excluding hydrogens is 392 g/mol. The molecule has 3 aromatic rings. The van der Waals surface area contributed by atoms with Crippen molar-refractivity contribution in [2.75, 3.05) is 0 Å². The van der Waals surface area contributed by atoms with Crippen LogP contribution in [0.3, 0.4) is 0 Å². The molecule has 2 unspecified atom stereocenters. The summed E-state index contributed by atoms with van der Waals surface area (Å²) in [6.07, 6.45) is 2.23. The van der Waals surface area contributed by atoms with Gasteiger partial charge < -0.3 is 20.4 Å². The van der Waals surface area contributed by atoms with Gasteiger partial charge in [0.15, 0.2) is 6.10 Å². The molecule has 1 saturated carbocycles. The molecular formula is C25H26N2O4.